The van der Waals surface area contributed by atoms with E-state index < -0.39 is 0 Å². The maximum Gasteiger partial charge on any atom is 0.146 e. The third-order valence-electron chi connectivity index (χ3n) is 2.28. The number of hydrogen-bond acceptors (Lipinski definition) is 3. The van der Waals surface area contributed by atoms with Crippen LogP contribution < -0.4 is 0 Å². The number of nitrogens with zero attached hydrogens (tertiary/aromatic N) is 2. The Morgan fingerprint density at radius 1 is 1.35 bits per heavy atom. The van der Waals surface area contributed by atoms with Crippen LogP contribution in [0.5, 0.6) is 0 Å². The summed E-state index contributed by atoms with van der Waals surface area (Å²) in [5.41, 5.74) is 1.06. The summed E-state index contributed by atoms with van der Waals surface area (Å²) < 4.78 is 6.00. The molecular formula is C12H18ClIN2O. The molecule has 0 unspecified atom stereocenters. The minimum absolute atomic E-state index is 0.571. The Kier molecular flexibility index (Phi) is 6.66. The molecule has 1 heterocycles. The highest BCUT2D eigenvalue weighted by Gasteiger charge is 2.11. The normalized spacial score (nSPS) is 11.2. The van der Waals surface area contributed by atoms with E-state index in [0.29, 0.717) is 11.1 Å². The highest BCUT2D eigenvalue weighted by Crippen LogP contribution is 2.21. The van der Waals surface area contributed by atoms with Crippen molar-refractivity contribution < 1.29 is 4.74 Å². The minimum Gasteiger partial charge on any atom is -0.385 e. The SMILES string of the molecule is COCCCc1nc(Cl)c(I)c(CC(C)C)n1. The number of rotatable bonds is 6. The Morgan fingerprint density at radius 3 is 2.65 bits per heavy atom. The molecule has 0 aliphatic heterocycles. The van der Waals surface area contributed by atoms with E-state index in [2.05, 4.69) is 46.4 Å². The van der Waals surface area contributed by atoms with Crippen LogP contribution >= 0.6 is 34.2 Å². The second-order valence-electron chi connectivity index (χ2n) is 4.39. The van der Waals surface area contributed by atoms with Gasteiger partial charge in [0, 0.05) is 20.1 Å². The number of aryl methyl sites for hydroxylation is 1. The summed E-state index contributed by atoms with van der Waals surface area (Å²) in [6.07, 6.45) is 2.68. The molecule has 0 saturated heterocycles. The van der Waals surface area contributed by atoms with Crippen molar-refractivity contribution in [3.63, 3.8) is 0 Å². The molecule has 96 valence electrons. The van der Waals surface area contributed by atoms with Gasteiger partial charge in [0.1, 0.15) is 11.0 Å². The van der Waals surface area contributed by atoms with Gasteiger partial charge < -0.3 is 4.74 Å². The zero-order valence-corrected chi connectivity index (χ0v) is 13.4. The molecule has 0 bridgehead atoms. The quantitative estimate of drug-likeness (QED) is 0.438. The van der Waals surface area contributed by atoms with Crippen molar-refractivity contribution in [1.82, 2.24) is 9.97 Å². The Bertz CT molecular complexity index is 372. The fourth-order valence-electron chi connectivity index (χ4n) is 1.52. The highest BCUT2D eigenvalue weighted by atomic mass is 127. The summed E-state index contributed by atoms with van der Waals surface area (Å²) in [7, 11) is 1.70. The monoisotopic (exact) mass is 368 g/mol. The molecule has 0 amide bonds. The van der Waals surface area contributed by atoms with E-state index in [1.807, 2.05) is 0 Å². The molecule has 0 N–H and O–H groups in total. The summed E-state index contributed by atoms with van der Waals surface area (Å²) in [6.45, 7) is 5.08. The van der Waals surface area contributed by atoms with Gasteiger partial charge in [-0.2, -0.15) is 0 Å². The Hall–Kier alpha value is 0.0600. The number of aromatic nitrogens is 2. The van der Waals surface area contributed by atoms with Crippen molar-refractivity contribution in [3.8, 4) is 0 Å². The van der Waals surface area contributed by atoms with Crippen LogP contribution in [0, 0.1) is 9.49 Å². The van der Waals surface area contributed by atoms with E-state index in [9.17, 15) is 0 Å². The van der Waals surface area contributed by atoms with Gasteiger partial charge in [0.05, 0.1) is 9.26 Å². The van der Waals surface area contributed by atoms with Crippen LogP contribution in [0.15, 0.2) is 0 Å². The van der Waals surface area contributed by atoms with Crippen molar-refractivity contribution in [2.24, 2.45) is 5.92 Å². The molecule has 0 spiro atoms. The van der Waals surface area contributed by atoms with Gasteiger partial charge >= 0.3 is 0 Å². The molecule has 0 fully saturated rings. The first-order valence-electron chi connectivity index (χ1n) is 5.74. The van der Waals surface area contributed by atoms with Gasteiger partial charge in [0.25, 0.3) is 0 Å². The standard InChI is InChI=1S/C12H18ClIN2O/c1-8(2)7-9-11(14)12(13)16-10(15-9)5-4-6-17-3/h8H,4-7H2,1-3H3. The van der Waals surface area contributed by atoms with Crippen molar-refractivity contribution in [3.05, 3.63) is 20.2 Å². The van der Waals surface area contributed by atoms with Gasteiger partial charge in [-0.1, -0.05) is 25.4 Å². The van der Waals surface area contributed by atoms with E-state index >= 15 is 0 Å². The molecule has 0 aliphatic rings. The predicted molar refractivity (Wildman–Crippen MR) is 78.5 cm³/mol. The molecule has 1 aromatic rings. The Morgan fingerprint density at radius 2 is 2.06 bits per heavy atom. The summed E-state index contributed by atoms with van der Waals surface area (Å²) in [6, 6.07) is 0. The third kappa shape index (κ3) is 5.06. The zero-order valence-electron chi connectivity index (χ0n) is 10.5. The topological polar surface area (TPSA) is 35.0 Å². The van der Waals surface area contributed by atoms with Gasteiger partial charge in [-0.3, -0.25) is 0 Å². The van der Waals surface area contributed by atoms with E-state index in [4.69, 9.17) is 16.3 Å². The maximum absolute atomic E-state index is 6.13. The molecule has 0 saturated carbocycles. The van der Waals surface area contributed by atoms with Crippen molar-refractivity contribution in [1.29, 1.82) is 0 Å². The Labute approximate surface area is 121 Å². The smallest absolute Gasteiger partial charge is 0.146 e. The first-order chi connectivity index (χ1) is 8.04. The van der Waals surface area contributed by atoms with Crippen molar-refractivity contribution in [2.75, 3.05) is 13.7 Å². The molecule has 0 aromatic carbocycles. The lowest BCUT2D eigenvalue weighted by atomic mass is 10.1. The minimum atomic E-state index is 0.571. The molecule has 3 nitrogen and oxygen atoms in total. The molecule has 17 heavy (non-hydrogen) atoms. The summed E-state index contributed by atoms with van der Waals surface area (Å²) in [4.78, 5) is 8.89. The molecule has 0 aliphatic carbocycles. The van der Waals surface area contributed by atoms with Crippen LogP contribution in [-0.4, -0.2) is 23.7 Å². The lowest BCUT2D eigenvalue weighted by molar-refractivity contribution is 0.194. The second kappa shape index (κ2) is 7.48. The van der Waals surface area contributed by atoms with Crippen LogP contribution in [0.3, 0.4) is 0 Å². The van der Waals surface area contributed by atoms with Gasteiger partial charge in [-0.05, 0) is 41.4 Å². The van der Waals surface area contributed by atoms with Crippen molar-refractivity contribution >= 4 is 34.2 Å². The van der Waals surface area contributed by atoms with Gasteiger partial charge in [0.2, 0.25) is 0 Å². The number of ether oxygens (including phenoxy) is 1. The number of halogens is 2. The average Bonchev–Trinajstić information content (AvgIpc) is 2.25. The van der Waals surface area contributed by atoms with Crippen molar-refractivity contribution in [2.45, 2.75) is 33.1 Å². The van der Waals surface area contributed by atoms with E-state index in [1.165, 1.54) is 0 Å². The molecule has 0 radical (unpaired) electrons. The van der Waals surface area contributed by atoms with Gasteiger partial charge in [0.15, 0.2) is 0 Å². The van der Waals surface area contributed by atoms with Crippen LogP contribution in [-0.2, 0) is 17.6 Å². The third-order valence-corrected chi connectivity index (χ3v) is 4.00. The first-order valence-corrected chi connectivity index (χ1v) is 7.20. The van der Waals surface area contributed by atoms with Crippen LogP contribution in [0.1, 0.15) is 31.8 Å². The van der Waals surface area contributed by atoms with Gasteiger partial charge in [-0.15, -0.1) is 0 Å². The van der Waals surface area contributed by atoms with Gasteiger partial charge in [-0.25, -0.2) is 9.97 Å². The van der Waals surface area contributed by atoms with Crippen LogP contribution in [0.4, 0.5) is 0 Å². The maximum atomic E-state index is 6.13. The summed E-state index contributed by atoms with van der Waals surface area (Å²) in [5.74, 6) is 1.39. The van der Waals surface area contributed by atoms with E-state index in [-0.39, 0.29) is 0 Å². The average molecular weight is 369 g/mol. The van der Waals surface area contributed by atoms with E-state index in [1.54, 1.807) is 7.11 Å². The first kappa shape index (κ1) is 15.1. The lowest BCUT2D eigenvalue weighted by Gasteiger charge is -2.10. The fourth-order valence-corrected chi connectivity index (χ4v) is 2.19. The summed E-state index contributed by atoms with van der Waals surface area (Å²) in [5, 5.41) is 0.573. The molecular weight excluding hydrogens is 351 g/mol. The summed E-state index contributed by atoms with van der Waals surface area (Å²) >= 11 is 8.34. The van der Waals surface area contributed by atoms with Crippen LogP contribution in [0.25, 0.3) is 0 Å². The largest absolute Gasteiger partial charge is 0.385 e. The van der Waals surface area contributed by atoms with E-state index in [0.717, 1.165) is 41.0 Å². The highest BCUT2D eigenvalue weighted by molar-refractivity contribution is 14.1. The molecule has 1 rings (SSSR count). The zero-order chi connectivity index (χ0) is 12.8. The molecule has 0 atom stereocenters. The number of hydrogen-bond donors (Lipinski definition) is 0. The lowest BCUT2D eigenvalue weighted by Crippen LogP contribution is -2.07. The van der Waals surface area contributed by atoms with Crippen LogP contribution in [0.2, 0.25) is 5.15 Å². The fraction of sp³-hybridized carbons (Fsp3) is 0.667. The number of methoxy groups -OCH3 is 1. The molecule has 1 aromatic heterocycles. The second-order valence-corrected chi connectivity index (χ2v) is 5.82. The Balaban J connectivity index is 2.82. The molecule has 5 heteroatoms. The predicted octanol–water partition coefficient (Wildman–Crippen LogP) is 3.51.